The smallest absolute Gasteiger partial charge is 0.226 e. The van der Waals surface area contributed by atoms with Crippen molar-refractivity contribution in [3.05, 3.63) is 35.6 Å². The Morgan fingerprint density at radius 1 is 1.05 bits per heavy atom. The van der Waals surface area contributed by atoms with E-state index in [4.69, 9.17) is 0 Å². The average molecular weight is 302 g/mol. The van der Waals surface area contributed by atoms with E-state index in [1.54, 1.807) is 0 Å². The monoisotopic (exact) mass is 302 g/mol. The number of piperazine rings is 1. The van der Waals surface area contributed by atoms with E-state index >= 15 is 0 Å². The normalized spacial score (nSPS) is 29.2. The number of halogens is 1. The third-order valence-corrected chi connectivity index (χ3v) is 5.62. The largest absolute Gasteiger partial charge is 0.340 e. The number of carbonyl (C=O) groups excluding carboxylic acids is 1. The van der Waals surface area contributed by atoms with E-state index in [-0.39, 0.29) is 11.7 Å². The van der Waals surface area contributed by atoms with E-state index in [0.717, 1.165) is 44.2 Å². The third-order valence-electron chi connectivity index (χ3n) is 5.62. The topological polar surface area (TPSA) is 23.6 Å². The van der Waals surface area contributed by atoms with E-state index in [0.29, 0.717) is 11.8 Å². The van der Waals surface area contributed by atoms with E-state index in [1.165, 1.54) is 31.4 Å². The molecule has 1 heterocycles. The first kappa shape index (κ1) is 14.2. The number of carbonyl (C=O) groups is 1. The molecule has 2 aliphatic carbocycles. The van der Waals surface area contributed by atoms with Crippen LogP contribution in [-0.2, 0) is 4.79 Å². The summed E-state index contributed by atoms with van der Waals surface area (Å²) in [5, 5.41) is 0. The minimum absolute atomic E-state index is 0.126. The highest BCUT2D eigenvalue weighted by Crippen LogP contribution is 2.48. The van der Waals surface area contributed by atoms with Crippen molar-refractivity contribution >= 4 is 5.91 Å². The van der Waals surface area contributed by atoms with Gasteiger partial charge < -0.3 is 4.90 Å². The maximum atomic E-state index is 13.0. The number of benzene rings is 1. The number of amides is 1. The quantitative estimate of drug-likeness (QED) is 0.857. The molecule has 1 saturated heterocycles. The van der Waals surface area contributed by atoms with E-state index < -0.39 is 0 Å². The van der Waals surface area contributed by atoms with Gasteiger partial charge in [-0.25, -0.2) is 4.39 Å². The summed E-state index contributed by atoms with van der Waals surface area (Å²) in [7, 11) is 0. The van der Waals surface area contributed by atoms with Gasteiger partial charge in [-0.1, -0.05) is 18.6 Å². The maximum Gasteiger partial charge on any atom is 0.226 e. The Kier molecular flexibility index (Phi) is 3.65. The zero-order chi connectivity index (χ0) is 15.1. The molecular formula is C18H23FN2O. The lowest BCUT2D eigenvalue weighted by molar-refractivity contribution is -0.135. The van der Waals surface area contributed by atoms with Crippen LogP contribution in [0.15, 0.2) is 24.3 Å². The number of hydrogen-bond acceptors (Lipinski definition) is 2. The summed E-state index contributed by atoms with van der Waals surface area (Å²) in [5.41, 5.74) is 1.10. The molecule has 2 atom stereocenters. The van der Waals surface area contributed by atoms with Crippen molar-refractivity contribution in [2.45, 2.75) is 37.6 Å². The van der Waals surface area contributed by atoms with Crippen LogP contribution in [-0.4, -0.2) is 47.9 Å². The van der Waals surface area contributed by atoms with Gasteiger partial charge >= 0.3 is 0 Å². The molecule has 1 aromatic rings. The molecule has 0 bridgehead atoms. The zero-order valence-electron chi connectivity index (χ0n) is 12.9. The molecule has 0 radical (unpaired) electrons. The van der Waals surface area contributed by atoms with Gasteiger partial charge in [-0.2, -0.15) is 0 Å². The fourth-order valence-electron chi connectivity index (χ4n) is 3.84. The molecule has 4 rings (SSSR count). The average Bonchev–Trinajstić information content (AvgIpc) is 3.27. The lowest BCUT2D eigenvalue weighted by atomic mass is 9.91. The SMILES string of the molecule is O=C([C@@H]1C[C@H]1c1ccc(F)cc1)N1CCN(C2CCC2)CC1. The first-order chi connectivity index (χ1) is 10.7. The Hall–Kier alpha value is -1.42. The predicted octanol–water partition coefficient (Wildman–Crippen LogP) is 2.63. The lowest BCUT2D eigenvalue weighted by Gasteiger charge is -2.43. The summed E-state index contributed by atoms with van der Waals surface area (Å²) in [5.74, 6) is 0.528. The molecule has 1 aromatic carbocycles. The summed E-state index contributed by atoms with van der Waals surface area (Å²) >= 11 is 0. The third kappa shape index (κ3) is 2.65. The first-order valence-corrected chi connectivity index (χ1v) is 8.50. The van der Waals surface area contributed by atoms with Crippen LogP contribution in [0.4, 0.5) is 4.39 Å². The van der Waals surface area contributed by atoms with Gasteiger partial charge in [0.05, 0.1) is 0 Å². The molecule has 0 unspecified atom stereocenters. The lowest BCUT2D eigenvalue weighted by Crippen LogP contribution is -2.53. The van der Waals surface area contributed by atoms with Crippen molar-refractivity contribution in [3.63, 3.8) is 0 Å². The van der Waals surface area contributed by atoms with Gasteiger partial charge in [-0.15, -0.1) is 0 Å². The van der Waals surface area contributed by atoms with Crippen LogP contribution in [0.25, 0.3) is 0 Å². The Morgan fingerprint density at radius 2 is 1.73 bits per heavy atom. The summed E-state index contributed by atoms with van der Waals surface area (Å²) in [6.45, 7) is 3.82. The van der Waals surface area contributed by atoms with Crippen molar-refractivity contribution in [1.82, 2.24) is 9.80 Å². The second kappa shape index (κ2) is 5.65. The van der Waals surface area contributed by atoms with Crippen molar-refractivity contribution in [3.8, 4) is 0 Å². The summed E-state index contributed by atoms with van der Waals surface area (Å²) in [6.07, 6.45) is 4.96. The van der Waals surface area contributed by atoms with E-state index in [2.05, 4.69) is 4.90 Å². The van der Waals surface area contributed by atoms with Crippen molar-refractivity contribution in [2.24, 2.45) is 5.92 Å². The maximum absolute atomic E-state index is 13.0. The van der Waals surface area contributed by atoms with Gasteiger partial charge in [0.2, 0.25) is 5.91 Å². The highest BCUT2D eigenvalue weighted by molar-refractivity contribution is 5.83. The molecule has 4 heteroatoms. The molecule has 0 spiro atoms. The van der Waals surface area contributed by atoms with Gasteiger partial charge in [0.25, 0.3) is 0 Å². The Bertz CT molecular complexity index is 547. The van der Waals surface area contributed by atoms with Gasteiger partial charge in [0, 0.05) is 38.1 Å². The summed E-state index contributed by atoms with van der Waals surface area (Å²) in [4.78, 5) is 17.2. The van der Waals surface area contributed by atoms with Crippen molar-refractivity contribution in [2.75, 3.05) is 26.2 Å². The van der Waals surface area contributed by atoms with Gasteiger partial charge in [0.15, 0.2) is 0 Å². The van der Waals surface area contributed by atoms with Crippen LogP contribution in [0.2, 0.25) is 0 Å². The summed E-state index contributed by atoms with van der Waals surface area (Å²) in [6, 6.07) is 7.41. The van der Waals surface area contributed by atoms with Crippen molar-refractivity contribution < 1.29 is 9.18 Å². The minimum atomic E-state index is -0.209. The molecule has 3 aliphatic rings. The van der Waals surface area contributed by atoms with E-state index in [1.807, 2.05) is 17.0 Å². The van der Waals surface area contributed by atoms with Crippen LogP contribution in [0.3, 0.4) is 0 Å². The fraction of sp³-hybridized carbons (Fsp3) is 0.611. The highest BCUT2D eigenvalue weighted by Gasteiger charge is 2.46. The van der Waals surface area contributed by atoms with Crippen LogP contribution in [0.5, 0.6) is 0 Å². The minimum Gasteiger partial charge on any atom is -0.340 e. The molecule has 1 aliphatic heterocycles. The second-order valence-electron chi connectivity index (χ2n) is 6.95. The van der Waals surface area contributed by atoms with Crippen LogP contribution in [0, 0.1) is 11.7 Å². The molecular weight excluding hydrogens is 279 g/mol. The predicted molar refractivity (Wildman–Crippen MR) is 83.0 cm³/mol. The summed E-state index contributed by atoms with van der Waals surface area (Å²) < 4.78 is 13.0. The second-order valence-corrected chi connectivity index (χ2v) is 6.95. The van der Waals surface area contributed by atoms with Crippen LogP contribution in [0.1, 0.15) is 37.2 Å². The Balaban J connectivity index is 1.31. The fourth-order valence-corrected chi connectivity index (χ4v) is 3.84. The molecule has 118 valence electrons. The van der Waals surface area contributed by atoms with Gasteiger partial charge in [0.1, 0.15) is 5.82 Å². The number of hydrogen-bond donors (Lipinski definition) is 0. The molecule has 1 amide bonds. The highest BCUT2D eigenvalue weighted by atomic mass is 19.1. The van der Waals surface area contributed by atoms with Crippen LogP contribution >= 0.6 is 0 Å². The Morgan fingerprint density at radius 3 is 2.32 bits per heavy atom. The zero-order valence-corrected chi connectivity index (χ0v) is 12.9. The van der Waals surface area contributed by atoms with Gasteiger partial charge in [-0.3, -0.25) is 9.69 Å². The molecule has 0 aromatic heterocycles. The molecule has 3 nitrogen and oxygen atoms in total. The molecule has 0 N–H and O–H groups in total. The number of nitrogens with zero attached hydrogens (tertiary/aromatic N) is 2. The molecule has 22 heavy (non-hydrogen) atoms. The first-order valence-electron chi connectivity index (χ1n) is 8.50. The standard InChI is InChI=1S/C18H23FN2O/c19-14-6-4-13(5-7-14)16-12-17(16)18(22)21-10-8-20(9-11-21)15-2-1-3-15/h4-7,15-17H,1-3,8-12H2/t16-,17+/m0/s1. The van der Waals surface area contributed by atoms with Crippen LogP contribution < -0.4 is 0 Å². The van der Waals surface area contributed by atoms with E-state index in [9.17, 15) is 9.18 Å². The number of rotatable bonds is 3. The molecule has 2 saturated carbocycles. The molecule has 3 fully saturated rings. The Labute approximate surface area is 131 Å². The van der Waals surface area contributed by atoms with Gasteiger partial charge in [-0.05, 0) is 42.9 Å². The van der Waals surface area contributed by atoms with Crippen molar-refractivity contribution in [1.29, 1.82) is 0 Å².